The molecule has 0 unspecified atom stereocenters. The molecule has 0 saturated carbocycles. The summed E-state index contributed by atoms with van der Waals surface area (Å²) in [6.07, 6.45) is 0. The highest BCUT2D eigenvalue weighted by molar-refractivity contribution is 7.99. The first-order valence-electron chi connectivity index (χ1n) is 9.09. The molecule has 0 spiro atoms. The molecular weight excluding hydrogens is 412 g/mol. The van der Waals surface area contributed by atoms with Crippen LogP contribution in [0.2, 0.25) is 5.02 Å². The first kappa shape index (κ1) is 21.4. The van der Waals surface area contributed by atoms with Crippen molar-refractivity contribution < 1.29 is 4.74 Å². The van der Waals surface area contributed by atoms with E-state index in [0.717, 1.165) is 4.57 Å². The minimum atomic E-state index is -0.418. The standard InChI is InChI=1S/C20H23ClN4O3S/c1-20(2,3)18-22-15-14(17(26)25(5)19(27)24(15)4)16(23-18)29-11-10-28-13-9-7-6-8-12(13)21/h6-9H,10-11H2,1-5H3. The fraction of sp³-hybridized carbons (Fsp3) is 0.400. The largest absolute Gasteiger partial charge is 0.491 e. The molecule has 29 heavy (non-hydrogen) atoms. The fourth-order valence-corrected chi connectivity index (χ4v) is 3.74. The van der Waals surface area contributed by atoms with E-state index in [4.69, 9.17) is 16.3 Å². The van der Waals surface area contributed by atoms with Gasteiger partial charge in [-0.05, 0) is 12.1 Å². The van der Waals surface area contributed by atoms with E-state index in [9.17, 15) is 9.59 Å². The van der Waals surface area contributed by atoms with Crippen LogP contribution >= 0.6 is 23.4 Å². The lowest BCUT2D eigenvalue weighted by Gasteiger charge is -2.19. The third-order valence-electron chi connectivity index (χ3n) is 4.35. The Morgan fingerprint density at radius 3 is 2.45 bits per heavy atom. The van der Waals surface area contributed by atoms with Crippen LogP contribution in [0.3, 0.4) is 0 Å². The minimum absolute atomic E-state index is 0.338. The Bertz CT molecular complexity index is 1180. The minimum Gasteiger partial charge on any atom is -0.491 e. The number of hydrogen-bond acceptors (Lipinski definition) is 6. The van der Waals surface area contributed by atoms with Crippen LogP contribution in [-0.2, 0) is 19.5 Å². The topological polar surface area (TPSA) is 79.0 Å². The average molecular weight is 435 g/mol. The second-order valence-electron chi connectivity index (χ2n) is 7.63. The van der Waals surface area contributed by atoms with Crippen molar-refractivity contribution in [3.05, 3.63) is 56.0 Å². The molecule has 0 fully saturated rings. The lowest BCUT2D eigenvalue weighted by Crippen LogP contribution is -2.38. The number of thioether (sulfide) groups is 1. The zero-order valence-electron chi connectivity index (χ0n) is 17.0. The highest BCUT2D eigenvalue weighted by Gasteiger charge is 2.23. The summed E-state index contributed by atoms with van der Waals surface area (Å²) in [6.45, 7) is 6.35. The van der Waals surface area contributed by atoms with Crippen LogP contribution in [0, 0.1) is 0 Å². The molecule has 0 aliphatic heterocycles. The third kappa shape index (κ3) is 4.33. The molecule has 0 aliphatic rings. The predicted octanol–water partition coefficient (Wildman–Crippen LogP) is 3.15. The lowest BCUT2D eigenvalue weighted by molar-refractivity contribution is 0.344. The smallest absolute Gasteiger partial charge is 0.332 e. The predicted molar refractivity (Wildman–Crippen MR) is 116 cm³/mol. The number of nitrogens with zero attached hydrogens (tertiary/aromatic N) is 4. The number of benzene rings is 1. The normalized spacial score (nSPS) is 11.8. The molecule has 9 heteroatoms. The van der Waals surface area contributed by atoms with Gasteiger partial charge in [0, 0.05) is 25.3 Å². The highest BCUT2D eigenvalue weighted by Crippen LogP contribution is 2.28. The molecule has 0 amide bonds. The molecule has 3 rings (SSSR count). The second-order valence-corrected chi connectivity index (χ2v) is 9.12. The molecule has 3 aromatic rings. The van der Waals surface area contributed by atoms with E-state index in [1.807, 2.05) is 32.9 Å². The molecule has 1 aromatic carbocycles. The van der Waals surface area contributed by atoms with Crippen LogP contribution in [-0.4, -0.2) is 31.5 Å². The van der Waals surface area contributed by atoms with E-state index in [2.05, 4.69) is 9.97 Å². The molecule has 154 valence electrons. The molecule has 0 N–H and O–H groups in total. The molecule has 2 heterocycles. The maximum atomic E-state index is 12.8. The molecule has 2 aromatic heterocycles. The van der Waals surface area contributed by atoms with Gasteiger partial charge >= 0.3 is 5.69 Å². The number of halogens is 1. The average Bonchev–Trinajstić information content (AvgIpc) is 2.67. The van der Waals surface area contributed by atoms with E-state index in [0.29, 0.717) is 45.0 Å². The third-order valence-corrected chi connectivity index (χ3v) is 5.61. The van der Waals surface area contributed by atoms with Gasteiger partial charge in [0.2, 0.25) is 0 Å². The molecule has 0 saturated heterocycles. The second kappa shape index (κ2) is 8.20. The summed E-state index contributed by atoms with van der Waals surface area (Å²) in [7, 11) is 3.06. The van der Waals surface area contributed by atoms with Crippen LogP contribution in [0.1, 0.15) is 26.6 Å². The number of para-hydroxylation sites is 1. The van der Waals surface area contributed by atoms with Crippen LogP contribution < -0.4 is 16.0 Å². The van der Waals surface area contributed by atoms with Crippen molar-refractivity contribution in [2.45, 2.75) is 31.2 Å². The van der Waals surface area contributed by atoms with Gasteiger partial charge < -0.3 is 4.74 Å². The number of ether oxygens (including phenoxy) is 1. The Balaban J connectivity index is 1.98. The monoisotopic (exact) mass is 434 g/mol. The van der Waals surface area contributed by atoms with Gasteiger partial charge in [-0.3, -0.25) is 13.9 Å². The summed E-state index contributed by atoms with van der Waals surface area (Å²) < 4.78 is 8.19. The van der Waals surface area contributed by atoms with Crippen molar-refractivity contribution in [2.24, 2.45) is 14.1 Å². The first-order valence-corrected chi connectivity index (χ1v) is 10.5. The maximum absolute atomic E-state index is 12.8. The van der Waals surface area contributed by atoms with Crippen LogP contribution in [0.25, 0.3) is 11.0 Å². The van der Waals surface area contributed by atoms with Gasteiger partial charge in [0.05, 0.1) is 11.6 Å². The summed E-state index contributed by atoms with van der Waals surface area (Å²) >= 11 is 7.51. The Kier molecular flexibility index (Phi) is 6.05. The number of rotatable bonds is 5. The Hall–Kier alpha value is -2.32. The molecule has 0 bridgehead atoms. The van der Waals surface area contributed by atoms with Gasteiger partial charge in [-0.2, -0.15) is 0 Å². The molecule has 7 nitrogen and oxygen atoms in total. The summed E-state index contributed by atoms with van der Waals surface area (Å²) in [5, 5.41) is 1.42. The van der Waals surface area contributed by atoms with Gasteiger partial charge in [0.15, 0.2) is 5.65 Å². The summed E-state index contributed by atoms with van der Waals surface area (Å²) in [4.78, 5) is 34.3. The van der Waals surface area contributed by atoms with Crippen molar-refractivity contribution in [2.75, 3.05) is 12.4 Å². The van der Waals surface area contributed by atoms with Gasteiger partial charge in [0.1, 0.15) is 22.0 Å². The van der Waals surface area contributed by atoms with Crippen molar-refractivity contribution in [1.82, 2.24) is 19.1 Å². The van der Waals surface area contributed by atoms with E-state index in [1.54, 1.807) is 19.2 Å². The van der Waals surface area contributed by atoms with Crippen molar-refractivity contribution in [3.8, 4) is 5.75 Å². The highest BCUT2D eigenvalue weighted by atomic mass is 35.5. The summed E-state index contributed by atoms with van der Waals surface area (Å²) in [5.74, 6) is 1.73. The molecule has 0 aliphatic carbocycles. The van der Waals surface area contributed by atoms with Gasteiger partial charge in [-0.25, -0.2) is 14.8 Å². The van der Waals surface area contributed by atoms with Crippen molar-refractivity contribution in [3.63, 3.8) is 0 Å². The zero-order chi connectivity index (χ0) is 21.3. The van der Waals surface area contributed by atoms with Crippen LogP contribution in [0.15, 0.2) is 38.9 Å². The van der Waals surface area contributed by atoms with Gasteiger partial charge in [0.25, 0.3) is 5.56 Å². The summed E-state index contributed by atoms with van der Waals surface area (Å²) in [6, 6.07) is 7.26. The fourth-order valence-electron chi connectivity index (χ4n) is 2.72. The SMILES string of the molecule is Cn1c(=O)c2c(SCCOc3ccccc3Cl)nc(C(C)(C)C)nc2n(C)c1=O. The van der Waals surface area contributed by atoms with E-state index >= 15 is 0 Å². The zero-order valence-corrected chi connectivity index (χ0v) is 18.6. The lowest BCUT2D eigenvalue weighted by atomic mass is 9.96. The summed E-state index contributed by atoms with van der Waals surface area (Å²) in [5.41, 5.74) is -0.820. The Morgan fingerprint density at radius 2 is 1.79 bits per heavy atom. The van der Waals surface area contributed by atoms with Crippen molar-refractivity contribution >= 4 is 34.4 Å². The first-order chi connectivity index (χ1) is 13.6. The number of hydrogen-bond donors (Lipinski definition) is 0. The van der Waals surface area contributed by atoms with Crippen LogP contribution in [0.4, 0.5) is 0 Å². The maximum Gasteiger partial charge on any atom is 0.332 e. The van der Waals surface area contributed by atoms with E-state index in [-0.39, 0.29) is 5.41 Å². The number of fused-ring (bicyclic) bond motifs is 1. The Labute approximate surface area is 177 Å². The van der Waals surface area contributed by atoms with Crippen LogP contribution in [0.5, 0.6) is 5.75 Å². The van der Waals surface area contributed by atoms with Gasteiger partial charge in [-0.15, -0.1) is 11.8 Å². The van der Waals surface area contributed by atoms with Crippen molar-refractivity contribution in [1.29, 1.82) is 0 Å². The number of aromatic nitrogens is 4. The molecule has 0 radical (unpaired) electrons. The van der Waals surface area contributed by atoms with E-state index < -0.39 is 11.2 Å². The number of aryl methyl sites for hydroxylation is 1. The quantitative estimate of drug-likeness (QED) is 0.348. The molecule has 0 atom stereocenters. The Morgan fingerprint density at radius 1 is 1.10 bits per heavy atom. The molecular formula is C20H23ClN4O3S. The van der Waals surface area contributed by atoms with E-state index in [1.165, 1.54) is 23.4 Å². The van der Waals surface area contributed by atoms with Gasteiger partial charge in [-0.1, -0.05) is 44.5 Å².